The molecule has 3 rings (SSSR count). The molecule has 1 saturated heterocycles. The van der Waals surface area contributed by atoms with Crippen molar-refractivity contribution in [2.75, 3.05) is 18.4 Å². The van der Waals surface area contributed by atoms with Gasteiger partial charge in [-0.2, -0.15) is 0 Å². The van der Waals surface area contributed by atoms with Crippen molar-refractivity contribution in [2.24, 2.45) is 0 Å². The summed E-state index contributed by atoms with van der Waals surface area (Å²) >= 11 is 7.61. The molecule has 0 aliphatic carbocycles. The first-order chi connectivity index (χ1) is 8.21. The fourth-order valence-electron chi connectivity index (χ4n) is 2.04. The van der Waals surface area contributed by atoms with Crippen LogP contribution < -0.4 is 9.47 Å². The first kappa shape index (κ1) is 11.5. The Morgan fingerprint density at radius 2 is 2.24 bits per heavy atom. The molecule has 0 unspecified atom stereocenters. The van der Waals surface area contributed by atoms with Gasteiger partial charge in [-0.25, -0.2) is 0 Å². The van der Waals surface area contributed by atoms with Gasteiger partial charge >= 0.3 is 0 Å². The van der Waals surface area contributed by atoms with E-state index in [2.05, 4.69) is 6.92 Å². The van der Waals surface area contributed by atoms with E-state index in [0.717, 1.165) is 22.8 Å². The third-order valence-corrected chi connectivity index (χ3v) is 4.77. The summed E-state index contributed by atoms with van der Waals surface area (Å²) in [5, 5.41) is 0. The van der Waals surface area contributed by atoms with E-state index in [4.69, 9.17) is 25.8 Å². The minimum atomic E-state index is -0.333. The summed E-state index contributed by atoms with van der Waals surface area (Å²) < 4.78 is 16.7. The molecular formula is C12H13ClO3S. The average Bonchev–Trinajstić information content (AvgIpc) is 2.94. The lowest BCUT2D eigenvalue weighted by atomic mass is 10.1. The summed E-state index contributed by atoms with van der Waals surface area (Å²) in [5.41, 5.74) is 1.10. The number of hydrogen-bond acceptors (Lipinski definition) is 4. The third kappa shape index (κ3) is 1.98. The van der Waals surface area contributed by atoms with Gasteiger partial charge in [0.2, 0.25) is 6.79 Å². The fraction of sp³-hybridized carbons (Fsp3) is 0.500. The Morgan fingerprint density at radius 3 is 3.00 bits per heavy atom. The summed E-state index contributed by atoms with van der Waals surface area (Å²) in [6.07, 6.45) is 0.122. The van der Waals surface area contributed by atoms with Crippen molar-refractivity contribution in [1.29, 1.82) is 0 Å². The van der Waals surface area contributed by atoms with E-state index in [1.54, 1.807) is 11.8 Å². The molecule has 3 nitrogen and oxygen atoms in total. The summed E-state index contributed by atoms with van der Waals surface area (Å²) in [6.45, 7) is 2.37. The van der Waals surface area contributed by atoms with Crippen LogP contribution in [0.1, 0.15) is 12.5 Å². The zero-order chi connectivity index (χ0) is 11.9. The largest absolute Gasteiger partial charge is 0.454 e. The lowest BCUT2D eigenvalue weighted by Gasteiger charge is -2.24. The van der Waals surface area contributed by atoms with Crippen LogP contribution in [-0.4, -0.2) is 24.5 Å². The Morgan fingerprint density at radius 1 is 1.41 bits per heavy atom. The van der Waals surface area contributed by atoms with Gasteiger partial charge in [-0.3, -0.25) is 0 Å². The van der Waals surface area contributed by atoms with Gasteiger partial charge in [-0.15, -0.1) is 23.4 Å². The molecule has 1 fully saturated rings. The van der Waals surface area contributed by atoms with Gasteiger partial charge in [0.25, 0.3) is 0 Å². The van der Waals surface area contributed by atoms with E-state index in [0.29, 0.717) is 12.7 Å². The number of benzene rings is 1. The summed E-state index contributed by atoms with van der Waals surface area (Å²) in [4.78, 5) is -0.333. The molecule has 0 radical (unpaired) electrons. The Balaban J connectivity index is 1.89. The van der Waals surface area contributed by atoms with Crippen molar-refractivity contribution in [3.05, 3.63) is 23.8 Å². The van der Waals surface area contributed by atoms with Crippen molar-refractivity contribution in [3.63, 3.8) is 0 Å². The van der Waals surface area contributed by atoms with E-state index in [1.807, 2.05) is 18.2 Å². The van der Waals surface area contributed by atoms with Gasteiger partial charge in [0.05, 0.1) is 6.10 Å². The van der Waals surface area contributed by atoms with Crippen LogP contribution in [0.2, 0.25) is 0 Å². The second-order valence-electron chi connectivity index (χ2n) is 4.22. The molecule has 2 aliphatic rings. The first-order valence-electron chi connectivity index (χ1n) is 5.49. The van der Waals surface area contributed by atoms with Crippen molar-refractivity contribution >= 4 is 23.4 Å². The Kier molecular flexibility index (Phi) is 2.89. The molecule has 0 amide bonds. The molecule has 2 atom stereocenters. The Hall–Kier alpha value is -0.580. The highest BCUT2D eigenvalue weighted by atomic mass is 35.5. The number of hydrogen-bond donors (Lipinski definition) is 0. The normalized spacial score (nSPS) is 30.8. The van der Waals surface area contributed by atoms with Crippen molar-refractivity contribution < 1.29 is 14.2 Å². The lowest BCUT2D eigenvalue weighted by molar-refractivity contribution is 0.0130. The number of ether oxygens (including phenoxy) is 3. The maximum atomic E-state index is 5.98. The Labute approximate surface area is 109 Å². The first-order valence-corrected chi connectivity index (χ1v) is 7.01. The van der Waals surface area contributed by atoms with Crippen molar-refractivity contribution in [1.82, 2.24) is 0 Å². The van der Waals surface area contributed by atoms with Gasteiger partial charge in [0.15, 0.2) is 11.5 Å². The molecule has 0 saturated carbocycles. The van der Waals surface area contributed by atoms with Crippen molar-refractivity contribution in [2.45, 2.75) is 18.0 Å². The number of thioether (sulfide) groups is 1. The van der Waals surface area contributed by atoms with Gasteiger partial charge < -0.3 is 14.2 Å². The smallest absolute Gasteiger partial charge is 0.231 e. The van der Waals surface area contributed by atoms with E-state index in [-0.39, 0.29) is 11.0 Å². The SMILES string of the molecule is C[C@@]1(c2ccc3c(c2)OCO3)O[C@H](CCl)CS1. The standard InChI is InChI=1S/C12H13ClO3S/c1-12(16-9(5-13)6-17-12)8-2-3-10-11(4-8)15-7-14-10/h2-4,9H,5-7H2,1H3/t9-,12-/m1/s1. The van der Waals surface area contributed by atoms with E-state index in [9.17, 15) is 0 Å². The molecule has 0 aromatic heterocycles. The van der Waals surface area contributed by atoms with Crippen LogP contribution >= 0.6 is 23.4 Å². The third-order valence-electron chi connectivity index (χ3n) is 3.01. The molecule has 2 heterocycles. The minimum Gasteiger partial charge on any atom is -0.454 e. The average molecular weight is 273 g/mol. The molecule has 0 bridgehead atoms. The van der Waals surface area contributed by atoms with E-state index in [1.165, 1.54) is 0 Å². The van der Waals surface area contributed by atoms with Crippen LogP contribution in [0.4, 0.5) is 0 Å². The van der Waals surface area contributed by atoms with Crippen molar-refractivity contribution in [3.8, 4) is 11.5 Å². The van der Waals surface area contributed by atoms with Gasteiger partial charge in [-0.05, 0) is 24.6 Å². The maximum Gasteiger partial charge on any atom is 0.231 e. The second-order valence-corrected chi connectivity index (χ2v) is 5.93. The lowest BCUT2D eigenvalue weighted by Crippen LogP contribution is -2.21. The van der Waals surface area contributed by atoms with Crippen LogP contribution in [0.3, 0.4) is 0 Å². The van der Waals surface area contributed by atoms with Gasteiger partial charge in [0.1, 0.15) is 4.93 Å². The van der Waals surface area contributed by atoms with Gasteiger partial charge in [-0.1, -0.05) is 6.07 Å². The highest BCUT2D eigenvalue weighted by molar-refractivity contribution is 8.00. The second kappa shape index (κ2) is 4.26. The number of halogens is 1. The molecule has 92 valence electrons. The summed E-state index contributed by atoms with van der Waals surface area (Å²) in [6, 6.07) is 5.95. The highest BCUT2D eigenvalue weighted by Gasteiger charge is 2.38. The Bertz CT molecular complexity index is 440. The van der Waals surface area contributed by atoms with Crippen LogP contribution in [-0.2, 0) is 9.67 Å². The maximum absolute atomic E-state index is 5.98. The number of rotatable bonds is 2. The molecule has 5 heteroatoms. The molecule has 0 spiro atoms. The molecule has 2 aliphatic heterocycles. The van der Waals surface area contributed by atoms with Gasteiger partial charge in [0, 0.05) is 11.6 Å². The summed E-state index contributed by atoms with van der Waals surface area (Å²) in [7, 11) is 0. The van der Waals surface area contributed by atoms with Crippen LogP contribution in [0.5, 0.6) is 11.5 Å². The predicted molar refractivity (Wildman–Crippen MR) is 68.0 cm³/mol. The monoisotopic (exact) mass is 272 g/mol. The topological polar surface area (TPSA) is 27.7 Å². The van der Waals surface area contributed by atoms with Crippen LogP contribution in [0.15, 0.2) is 18.2 Å². The molecule has 1 aromatic carbocycles. The van der Waals surface area contributed by atoms with E-state index >= 15 is 0 Å². The number of alkyl halides is 1. The predicted octanol–water partition coefficient (Wildman–Crippen LogP) is 2.96. The molecule has 0 N–H and O–H groups in total. The quantitative estimate of drug-likeness (QED) is 0.774. The fourth-order valence-corrected chi connectivity index (χ4v) is 3.53. The molecular weight excluding hydrogens is 260 g/mol. The molecule has 17 heavy (non-hydrogen) atoms. The molecule has 1 aromatic rings. The summed E-state index contributed by atoms with van der Waals surface area (Å²) in [5.74, 6) is 3.05. The minimum absolute atomic E-state index is 0.122. The highest BCUT2D eigenvalue weighted by Crippen LogP contribution is 2.47. The zero-order valence-corrected chi connectivity index (χ0v) is 11.0. The van der Waals surface area contributed by atoms with Crippen LogP contribution in [0, 0.1) is 0 Å². The zero-order valence-electron chi connectivity index (χ0n) is 9.44. The number of fused-ring (bicyclic) bond motifs is 1. The van der Waals surface area contributed by atoms with Crippen LogP contribution in [0.25, 0.3) is 0 Å². The van der Waals surface area contributed by atoms with E-state index < -0.39 is 0 Å².